The first-order valence-electron chi connectivity index (χ1n) is 9.54. The van der Waals surface area contributed by atoms with Crippen LogP contribution < -0.4 is 10.2 Å². The lowest BCUT2D eigenvalue weighted by atomic mass is 10.1. The van der Waals surface area contributed by atoms with Crippen LogP contribution in [0, 0.1) is 5.82 Å². The maximum atomic E-state index is 13.2. The zero-order chi connectivity index (χ0) is 21.8. The Labute approximate surface area is 173 Å². The predicted molar refractivity (Wildman–Crippen MR) is 109 cm³/mol. The number of halogens is 1. The summed E-state index contributed by atoms with van der Waals surface area (Å²) in [5.41, 5.74) is 1.72. The van der Waals surface area contributed by atoms with E-state index in [2.05, 4.69) is 5.32 Å². The van der Waals surface area contributed by atoms with E-state index in [4.69, 9.17) is 0 Å². The third kappa shape index (κ3) is 4.53. The quantitative estimate of drug-likeness (QED) is 0.560. The highest BCUT2D eigenvalue weighted by atomic mass is 19.1. The number of ketones is 1. The molecular formula is C22H22FN3O4. The predicted octanol–water partition coefficient (Wildman–Crippen LogP) is 2.54. The van der Waals surface area contributed by atoms with E-state index in [1.807, 2.05) is 0 Å². The summed E-state index contributed by atoms with van der Waals surface area (Å²) in [7, 11) is 0. The maximum Gasteiger partial charge on any atom is 0.332 e. The van der Waals surface area contributed by atoms with Crippen LogP contribution in [0.15, 0.2) is 48.5 Å². The molecule has 2 aromatic carbocycles. The van der Waals surface area contributed by atoms with Gasteiger partial charge in [0.25, 0.3) is 5.91 Å². The first-order chi connectivity index (χ1) is 14.3. The number of anilines is 1. The summed E-state index contributed by atoms with van der Waals surface area (Å²) < 4.78 is 13.2. The van der Waals surface area contributed by atoms with Crippen LogP contribution in [0.2, 0.25) is 0 Å². The van der Waals surface area contributed by atoms with E-state index in [0.29, 0.717) is 24.2 Å². The molecule has 0 saturated carbocycles. The van der Waals surface area contributed by atoms with E-state index >= 15 is 0 Å². The van der Waals surface area contributed by atoms with Gasteiger partial charge in [-0.15, -0.1) is 0 Å². The van der Waals surface area contributed by atoms with E-state index in [9.17, 15) is 23.6 Å². The number of nitrogens with zero attached hydrogens (tertiary/aromatic N) is 2. The highest BCUT2D eigenvalue weighted by Crippen LogP contribution is 2.26. The van der Waals surface area contributed by atoms with Crippen LogP contribution in [0.5, 0.6) is 0 Å². The number of hydrogen-bond acceptors (Lipinski definition) is 4. The highest BCUT2D eigenvalue weighted by molar-refractivity contribution is 6.16. The molecule has 1 N–H and O–H groups in total. The average molecular weight is 411 g/mol. The molecule has 1 aliphatic heterocycles. The van der Waals surface area contributed by atoms with Gasteiger partial charge < -0.3 is 5.32 Å². The topological polar surface area (TPSA) is 86.8 Å². The molecule has 4 amide bonds. The molecule has 156 valence electrons. The van der Waals surface area contributed by atoms with Crippen molar-refractivity contribution in [2.75, 3.05) is 18.0 Å². The summed E-state index contributed by atoms with van der Waals surface area (Å²) in [6.07, 6.45) is 0.626. The van der Waals surface area contributed by atoms with E-state index < -0.39 is 23.8 Å². The van der Waals surface area contributed by atoms with Gasteiger partial charge in [0.2, 0.25) is 5.91 Å². The SMILES string of the molecule is CC(=O)NCCc1ccc(C(=O)CN2C(=O)C(C)N(c3ccc(F)cc3)C2=O)cc1. The van der Waals surface area contributed by atoms with Gasteiger partial charge in [0.1, 0.15) is 11.9 Å². The summed E-state index contributed by atoms with van der Waals surface area (Å²) in [4.78, 5) is 51.0. The summed E-state index contributed by atoms with van der Waals surface area (Å²) in [6, 6.07) is 10.7. The molecule has 8 heteroatoms. The summed E-state index contributed by atoms with van der Waals surface area (Å²) in [5, 5.41) is 2.70. The number of imide groups is 1. The van der Waals surface area contributed by atoms with Crippen molar-refractivity contribution in [2.24, 2.45) is 0 Å². The minimum Gasteiger partial charge on any atom is -0.356 e. The summed E-state index contributed by atoms with van der Waals surface area (Å²) in [6.45, 7) is 3.14. The number of amides is 4. The largest absolute Gasteiger partial charge is 0.356 e. The van der Waals surface area contributed by atoms with Crippen LogP contribution in [-0.4, -0.2) is 47.7 Å². The summed E-state index contributed by atoms with van der Waals surface area (Å²) in [5.74, 6) is -1.40. The average Bonchev–Trinajstić information content (AvgIpc) is 2.92. The molecule has 7 nitrogen and oxygen atoms in total. The van der Waals surface area contributed by atoms with Gasteiger partial charge in [0.05, 0.1) is 6.54 Å². The van der Waals surface area contributed by atoms with Gasteiger partial charge in [-0.3, -0.25) is 24.2 Å². The molecule has 1 aliphatic rings. The Morgan fingerprint density at radius 2 is 1.67 bits per heavy atom. The number of urea groups is 1. The number of rotatable bonds is 7. The molecule has 3 rings (SSSR count). The van der Waals surface area contributed by atoms with E-state index in [1.54, 1.807) is 31.2 Å². The molecule has 1 fully saturated rings. The second-order valence-electron chi connectivity index (χ2n) is 7.08. The molecule has 1 saturated heterocycles. The molecule has 1 atom stereocenters. The third-order valence-corrected chi connectivity index (χ3v) is 4.92. The van der Waals surface area contributed by atoms with Crippen LogP contribution in [0.4, 0.5) is 14.9 Å². The fraction of sp³-hybridized carbons (Fsp3) is 0.273. The van der Waals surface area contributed by atoms with Crippen molar-refractivity contribution >= 4 is 29.3 Å². The van der Waals surface area contributed by atoms with Crippen molar-refractivity contribution in [3.8, 4) is 0 Å². The zero-order valence-electron chi connectivity index (χ0n) is 16.7. The Morgan fingerprint density at radius 3 is 2.27 bits per heavy atom. The van der Waals surface area contributed by atoms with Gasteiger partial charge in [-0.1, -0.05) is 24.3 Å². The van der Waals surface area contributed by atoms with Gasteiger partial charge in [-0.25, -0.2) is 9.18 Å². The molecule has 0 aliphatic carbocycles. The second kappa shape index (κ2) is 8.86. The second-order valence-corrected chi connectivity index (χ2v) is 7.08. The number of benzene rings is 2. The molecular weight excluding hydrogens is 389 g/mol. The highest BCUT2D eigenvalue weighted by Gasteiger charge is 2.44. The number of hydrogen-bond donors (Lipinski definition) is 1. The van der Waals surface area contributed by atoms with Gasteiger partial charge in [-0.2, -0.15) is 0 Å². The Hall–Kier alpha value is -3.55. The van der Waals surface area contributed by atoms with Crippen LogP contribution in [0.25, 0.3) is 0 Å². The normalized spacial score (nSPS) is 16.2. The fourth-order valence-corrected chi connectivity index (χ4v) is 3.28. The molecule has 0 bridgehead atoms. The first-order valence-corrected chi connectivity index (χ1v) is 9.54. The maximum absolute atomic E-state index is 13.2. The van der Waals surface area contributed by atoms with E-state index in [0.717, 1.165) is 10.5 Å². The Morgan fingerprint density at radius 1 is 1.03 bits per heavy atom. The van der Waals surface area contributed by atoms with Crippen LogP contribution in [0.1, 0.15) is 29.8 Å². The van der Waals surface area contributed by atoms with Gasteiger partial charge in [0, 0.05) is 24.7 Å². The fourth-order valence-electron chi connectivity index (χ4n) is 3.28. The Balaban J connectivity index is 1.67. The van der Waals surface area contributed by atoms with Crippen LogP contribution in [0.3, 0.4) is 0 Å². The number of carbonyl (C=O) groups is 4. The Kier molecular flexibility index (Phi) is 6.25. The van der Waals surface area contributed by atoms with Crippen molar-refractivity contribution < 1.29 is 23.6 Å². The molecule has 0 radical (unpaired) electrons. The number of carbonyl (C=O) groups excluding carboxylic acids is 4. The van der Waals surface area contributed by atoms with Crippen molar-refractivity contribution in [1.82, 2.24) is 10.2 Å². The molecule has 0 aromatic heterocycles. The zero-order valence-corrected chi connectivity index (χ0v) is 16.7. The number of nitrogens with one attached hydrogen (secondary N) is 1. The molecule has 1 heterocycles. The standard InChI is InChI=1S/C22H22FN3O4/c1-14-21(29)25(22(30)26(14)19-9-7-18(23)8-10-19)13-20(28)17-5-3-16(4-6-17)11-12-24-15(2)27/h3-10,14H,11-13H2,1-2H3,(H,24,27). The first kappa shape index (κ1) is 21.2. The van der Waals surface area contributed by atoms with Crippen molar-refractivity contribution in [3.05, 3.63) is 65.5 Å². The monoisotopic (exact) mass is 411 g/mol. The van der Waals surface area contributed by atoms with E-state index in [-0.39, 0.29) is 18.2 Å². The Bertz CT molecular complexity index is 973. The van der Waals surface area contributed by atoms with Gasteiger partial charge >= 0.3 is 6.03 Å². The lowest BCUT2D eigenvalue weighted by Crippen LogP contribution is -2.37. The smallest absolute Gasteiger partial charge is 0.332 e. The van der Waals surface area contributed by atoms with Crippen molar-refractivity contribution in [3.63, 3.8) is 0 Å². The van der Waals surface area contributed by atoms with Gasteiger partial charge in [0.15, 0.2) is 5.78 Å². The minimum atomic E-state index is -0.785. The summed E-state index contributed by atoms with van der Waals surface area (Å²) >= 11 is 0. The molecule has 30 heavy (non-hydrogen) atoms. The van der Waals surface area contributed by atoms with E-state index in [1.165, 1.54) is 36.1 Å². The molecule has 0 spiro atoms. The van der Waals surface area contributed by atoms with Crippen molar-refractivity contribution in [1.29, 1.82) is 0 Å². The number of Topliss-reactive ketones (excluding diaryl/α,β-unsaturated/α-hetero) is 1. The third-order valence-electron chi connectivity index (χ3n) is 4.92. The molecule has 2 aromatic rings. The van der Waals surface area contributed by atoms with Crippen LogP contribution in [-0.2, 0) is 16.0 Å². The minimum absolute atomic E-state index is 0.106. The van der Waals surface area contributed by atoms with Crippen molar-refractivity contribution in [2.45, 2.75) is 26.3 Å². The lowest BCUT2D eigenvalue weighted by Gasteiger charge is -2.19. The van der Waals surface area contributed by atoms with Gasteiger partial charge in [-0.05, 0) is 43.2 Å². The molecule has 1 unspecified atom stereocenters. The lowest BCUT2D eigenvalue weighted by molar-refractivity contribution is -0.126. The van der Waals surface area contributed by atoms with Crippen LogP contribution >= 0.6 is 0 Å².